The van der Waals surface area contributed by atoms with Gasteiger partial charge in [-0.05, 0) is 42.3 Å². The van der Waals surface area contributed by atoms with Crippen molar-refractivity contribution in [2.75, 3.05) is 18.7 Å². The van der Waals surface area contributed by atoms with E-state index in [1.165, 1.54) is 11.8 Å². The minimum Gasteiger partial charge on any atom is -0.454 e. The molecule has 2 aromatic rings. The van der Waals surface area contributed by atoms with Gasteiger partial charge in [-0.15, -0.1) is 0 Å². The van der Waals surface area contributed by atoms with Crippen molar-refractivity contribution in [1.82, 2.24) is 4.90 Å². The second-order valence-corrected chi connectivity index (χ2v) is 6.43. The first-order valence-electron chi connectivity index (χ1n) is 8.13. The Morgan fingerprint density at radius 1 is 1.19 bits per heavy atom. The van der Waals surface area contributed by atoms with Crippen LogP contribution in [0.4, 0.5) is 5.69 Å². The number of nitrogens with one attached hydrogen (secondary N) is 1. The van der Waals surface area contributed by atoms with E-state index >= 15 is 0 Å². The molecule has 3 rings (SSSR count). The molecule has 1 heterocycles. The van der Waals surface area contributed by atoms with Crippen LogP contribution in [0, 0.1) is 6.92 Å². The molecule has 1 N–H and O–H groups in total. The molecule has 0 unspecified atom stereocenters. The summed E-state index contributed by atoms with van der Waals surface area (Å²) in [5, 5.41) is 3.38. The van der Waals surface area contributed by atoms with Gasteiger partial charge >= 0.3 is 0 Å². The highest BCUT2D eigenvalue weighted by atomic mass is 35.5. The summed E-state index contributed by atoms with van der Waals surface area (Å²) in [5.74, 6) is 0.842. The second kappa shape index (κ2) is 7.66. The van der Waals surface area contributed by atoms with Gasteiger partial charge in [-0.2, -0.15) is 0 Å². The van der Waals surface area contributed by atoms with Crippen LogP contribution < -0.4 is 14.8 Å². The summed E-state index contributed by atoms with van der Waals surface area (Å²) in [6, 6.07) is 10.8. The third-order valence-electron chi connectivity index (χ3n) is 4.13. The van der Waals surface area contributed by atoms with Gasteiger partial charge in [-0.25, -0.2) is 0 Å². The standard InChI is InChI=1S/C19H19ClN2O4/c1-12-15(20)4-3-5-16(12)21-19(24)10-22(13(2)23)9-14-6-7-17-18(8-14)26-11-25-17/h3-8H,9-11H2,1-2H3,(H,21,24). The number of fused-ring (bicyclic) bond motifs is 1. The fraction of sp³-hybridized carbons (Fsp3) is 0.263. The molecule has 0 aromatic heterocycles. The van der Waals surface area contributed by atoms with E-state index in [2.05, 4.69) is 5.32 Å². The predicted octanol–water partition coefficient (Wildman–Crippen LogP) is 3.36. The van der Waals surface area contributed by atoms with Crippen LogP contribution in [-0.4, -0.2) is 30.1 Å². The predicted molar refractivity (Wildman–Crippen MR) is 98.5 cm³/mol. The van der Waals surface area contributed by atoms with Gasteiger partial charge in [-0.3, -0.25) is 9.59 Å². The Balaban J connectivity index is 1.67. The third-order valence-corrected chi connectivity index (χ3v) is 4.54. The summed E-state index contributed by atoms with van der Waals surface area (Å²) in [4.78, 5) is 25.8. The van der Waals surface area contributed by atoms with Crippen molar-refractivity contribution in [2.24, 2.45) is 0 Å². The van der Waals surface area contributed by atoms with Gasteiger partial charge in [0.25, 0.3) is 0 Å². The van der Waals surface area contributed by atoms with E-state index in [1.807, 2.05) is 19.1 Å². The topological polar surface area (TPSA) is 67.9 Å². The zero-order valence-corrected chi connectivity index (χ0v) is 15.3. The zero-order valence-electron chi connectivity index (χ0n) is 14.5. The first-order valence-corrected chi connectivity index (χ1v) is 8.51. The highest BCUT2D eigenvalue weighted by molar-refractivity contribution is 6.31. The molecule has 7 heteroatoms. The van der Waals surface area contributed by atoms with Crippen molar-refractivity contribution in [3.05, 3.63) is 52.5 Å². The Kier molecular flexibility index (Phi) is 5.32. The first-order chi connectivity index (χ1) is 12.4. The molecule has 0 spiro atoms. The van der Waals surface area contributed by atoms with Crippen LogP contribution in [0.1, 0.15) is 18.1 Å². The molecule has 26 heavy (non-hydrogen) atoms. The van der Waals surface area contributed by atoms with Gasteiger partial charge < -0.3 is 19.7 Å². The number of halogens is 1. The van der Waals surface area contributed by atoms with E-state index in [4.69, 9.17) is 21.1 Å². The molecule has 6 nitrogen and oxygen atoms in total. The average Bonchev–Trinajstić information content (AvgIpc) is 3.06. The molecule has 2 aromatic carbocycles. The van der Waals surface area contributed by atoms with Crippen LogP contribution in [0.2, 0.25) is 5.02 Å². The van der Waals surface area contributed by atoms with Gasteiger partial charge in [0.1, 0.15) is 6.54 Å². The van der Waals surface area contributed by atoms with Gasteiger partial charge in [-0.1, -0.05) is 23.7 Å². The lowest BCUT2D eigenvalue weighted by Crippen LogP contribution is -2.36. The number of benzene rings is 2. The van der Waals surface area contributed by atoms with Gasteiger partial charge in [0.05, 0.1) is 0 Å². The van der Waals surface area contributed by atoms with E-state index in [1.54, 1.807) is 24.3 Å². The lowest BCUT2D eigenvalue weighted by Gasteiger charge is -2.21. The number of hydrogen-bond donors (Lipinski definition) is 1. The normalized spacial score (nSPS) is 12.0. The Morgan fingerprint density at radius 2 is 1.96 bits per heavy atom. The maximum atomic E-state index is 12.4. The fourth-order valence-corrected chi connectivity index (χ4v) is 2.82. The molecule has 0 radical (unpaired) electrons. The molecule has 0 aliphatic carbocycles. The SMILES string of the molecule is CC(=O)N(CC(=O)Nc1cccc(Cl)c1C)Cc1ccc2c(c1)OCO2. The molecular formula is C19H19ClN2O4. The van der Waals surface area contributed by atoms with E-state index in [0.29, 0.717) is 28.8 Å². The van der Waals surface area contributed by atoms with Crippen LogP contribution in [0.5, 0.6) is 11.5 Å². The Hall–Kier alpha value is -2.73. The molecule has 0 bridgehead atoms. The number of anilines is 1. The van der Waals surface area contributed by atoms with Crippen LogP contribution in [0.15, 0.2) is 36.4 Å². The van der Waals surface area contributed by atoms with E-state index in [9.17, 15) is 9.59 Å². The largest absolute Gasteiger partial charge is 0.454 e. The minimum atomic E-state index is -0.286. The summed E-state index contributed by atoms with van der Waals surface area (Å²) in [7, 11) is 0. The van der Waals surface area contributed by atoms with Gasteiger partial charge in [0.2, 0.25) is 18.6 Å². The van der Waals surface area contributed by atoms with Crippen molar-refractivity contribution >= 4 is 29.1 Å². The minimum absolute atomic E-state index is 0.0598. The number of rotatable bonds is 5. The molecule has 1 aliphatic rings. The van der Waals surface area contributed by atoms with Crippen molar-refractivity contribution in [3.8, 4) is 11.5 Å². The van der Waals surface area contributed by atoms with Crippen molar-refractivity contribution < 1.29 is 19.1 Å². The number of amides is 2. The Morgan fingerprint density at radius 3 is 2.73 bits per heavy atom. The lowest BCUT2D eigenvalue weighted by atomic mass is 10.2. The van der Waals surface area contributed by atoms with E-state index in [0.717, 1.165) is 11.1 Å². The van der Waals surface area contributed by atoms with Gasteiger partial charge in [0, 0.05) is 24.2 Å². The summed E-state index contributed by atoms with van der Waals surface area (Å²) in [5.41, 5.74) is 2.28. The van der Waals surface area contributed by atoms with E-state index in [-0.39, 0.29) is 25.2 Å². The molecule has 0 saturated carbocycles. The molecule has 1 aliphatic heterocycles. The number of hydrogen-bond acceptors (Lipinski definition) is 4. The number of ether oxygens (including phenoxy) is 2. The molecular weight excluding hydrogens is 356 g/mol. The smallest absolute Gasteiger partial charge is 0.244 e. The highest BCUT2D eigenvalue weighted by Crippen LogP contribution is 2.32. The lowest BCUT2D eigenvalue weighted by molar-refractivity contribution is -0.133. The number of carbonyl (C=O) groups is 2. The van der Waals surface area contributed by atoms with Gasteiger partial charge in [0.15, 0.2) is 11.5 Å². The number of nitrogens with zero attached hydrogens (tertiary/aromatic N) is 1. The third kappa shape index (κ3) is 4.08. The zero-order chi connectivity index (χ0) is 18.7. The molecule has 0 saturated heterocycles. The summed E-state index contributed by atoms with van der Waals surface area (Å²) in [6.07, 6.45) is 0. The van der Waals surface area contributed by atoms with Crippen LogP contribution in [0.3, 0.4) is 0 Å². The average molecular weight is 375 g/mol. The van der Waals surface area contributed by atoms with Crippen molar-refractivity contribution in [1.29, 1.82) is 0 Å². The number of carbonyl (C=O) groups excluding carboxylic acids is 2. The maximum absolute atomic E-state index is 12.4. The summed E-state index contributed by atoms with van der Waals surface area (Å²) >= 11 is 6.07. The maximum Gasteiger partial charge on any atom is 0.244 e. The van der Waals surface area contributed by atoms with Crippen LogP contribution >= 0.6 is 11.6 Å². The molecule has 2 amide bonds. The molecule has 136 valence electrons. The van der Waals surface area contributed by atoms with Crippen molar-refractivity contribution in [3.63, 3.8) is 0 Å². The second-order valence-electron chi connectivity index (χ2n) is 6.02. The van der Waals surface area contributed by atoms with Crippen LogP contribution in [0.25, 0.3) is 0 Å². The van der Waals surface area contributed by atoms with E-state index < -0.39 is 0 Å². The Bertz CT molecular complexity index is 853. The van der Waals surface area contributed by atoms with Crippen LogP contribution in [-0.2, 0) is 16.1 Å². The summed E-state index contributed by atoms with van der Waals surface area (Å²) < 4.78 is 10.6. The van der Waals surface area contributed by atoms with Crippen molar-refractivity contribution in [2.45, 2.75) is 20.4 Å². The molecule has 0 atom stereocenters. The highest BCUT2D eigenvalue weighted by Gasteiger charge is 2.18. The quantitative estimate of drug-likeness (QED) is 0.871. The Labute approximate surface area is 156 Å². The molecule has 0 fully saturated rings. The first kappa shape index (κ1) is 18.1. The monoisotopic (exact) mass is 374 g/mol. The fourth-order valence-electron chi connectivity index (χ4n) is 2.64. The summed E-state index contributed by atoms with van der Waals surface area (Å²) in [6.45, 7) is 3.69.